The number of rotatable bonds is 2. The number of benzene rings is 1. The molecule has 1 aromatic carbocycles. The number of hydrogen-bond donors (Lipinski definition) is 0. The fourth-order valence-electron chi connectivity index (χ4n) is 1.76. The number of hydrogen-bond acceptors (Lipinski definition) is 1. The Bertz CT molecular complexity index is 329. The van der Waals surface area contributed by atoms with Crippen LogP contribution < -0.4 is 10.2 Å². The molecular weight excluding hydrogens is 159 g/mol. The van der Waals surface area contributed by atoms with Crippen molar-refractivity contribution in [3.8, 4) is 5.75 Å². The molecule has 66 valence electrons. The summed E-state index contributed by atoms with van der Waals surface area (Å²) in [6.07, 6.45) is 2.55. The molecular formula is C11H13BO. The van der Waals surface area contributed by atoms with Gasteiger partial charge in [0, 0.05) is 0 Å². The van der Waals surface area contributed by atoms with Crippen molar-refractivity contribution in [3.05, 3.63) is 23.3 Å². The third-order valence-electron chi connectivity index (χ3n) is 2.51. The van der Waals surface area contributed by atoms with Gasteiger partial charge in [0.25, 0.3) is 0 Å². The maximum atomic E-state index is 5.87. The van der Waals surface area contributed by atoms with E-state index in [1.54, 1.807) is 7.11 Å². The van der Waals surface area contributed by atoms with E-state index in [-0.39, 0.29) is 0 Å². The molecule has 0 spiro atoms. The summed E-state index contributed by atoms with van der Waals surface area (Å²) < 4.78 is 5.31. The molecule has 0 atom stereocenters. The lowest BCUT2D eigenvalue weighted by molar-refractivity contribution is 0.413. The van der Waals surface area contributed by atoms with E-state index in [2.05, 4.69) is 13.0 Å². The molecule has 1 aromatic rings. The maximum absolute atomic E-state index is 5.87. The molecule has 13 heavy (non-hydrogen) atoms. The summed E-state index contributed by atoms with van der Waals surface area (Å²) >= 11 is 0. The van der Waals surface area contributed by atoms with E-state index in [0.29, 0.717) is 5.92 Å². The van der Waals surface area contributed by atoms with Gasteiger partial charge in [-0.1, -0.05) is 23.2 Å². The molecule has 1 aliphatic rings. The minimum atomic E-state index is 0.692. The molecule has 1 aliphatic carbocycles. The van der Waals surface area contributed by atoms with Crippen LogP contribution in [0.4, 0.5) is 0 Å². The number of methoxy groups -OCH3 is 1. The van der Waals surface area contributed by atoms with Crippen molar-refractivity contribution in [3.63, 3.8) is 0 Å². The van der Waals surface area contributed by atoms with Gasteiger partial charge in [-0.3, -0.25) is 0 Å². The molecule has 0 aliphatic heterocycles. The molecule has 0 heterocycles. The van der Waals surface area contributed by atoms with Crippen LogP contribution in [0.15, 0.2) is 12.1 Å². The summed E-state index contributed by atoms with van der Waals surface area (Å²) in [6, 6.07) is 4.15. The normalized spacial score (nSPS) is 15.8. The monoisotopic (exact) mass is 172 g/mol. The van der Waals surface area contributed by atoms with E-state index >= 15 is 0 Å². The molecule has 0 saturated heterocycles. The minimum absolute atomic E-state index is 0.692. The average molecular weight is 172 g/mol. The predicted octanol–water partition coefficient (Wildman–Crippen LogP) is 1.67. The van der Waals surface area contributed by atoms with Gasteiger partial charge in [0.05, 0.1) is 7.11 Å². The Kier molecular flexibility index (Phi) is 2.07. The Hall–Kier alpha value is -0.915. The molecule has 1 fully saturated rings. The van der Waals surface area contributed by atoms with Crippen LogP contribution in [0.25, 0.3) is 0 Å². The first kappa shape index (κ1) is 8.67. The third kappa shape index (κ3) is 1.58. The smallest absolute Gasteiger partial charge is 0.119 e. The second kappa shape index (κ2) is 3.10. The molecule has 2 rings (SSSR count). The minimum Gasteiger partial charge on any atom is -0.497 e. The summed E-state index contributed by atoms with van der Waals surface area (Å²) in [7, 11) is 7.56. The highest BCUT2D eigenvalue weighted by Crippen LogP contribution is 2.43. The Morgan fingerprint density at radius 3 is 2.62 bits per heavy atom. The Morgan fingerprint density at radius 2 is 2.08 bits per heavy atom. The SMILES string of the molecule is [B]c1cc(C)cc(C2CC2)c1OC. The zero-order valence-electron chi connectivity index (χ0n) is 8.13. The summed E-state index contributed by atoms with van der Waals surface area (Å²) in [4.78, 5) is 0. The maximum Gasteiger partial charge on any atom is 0.119 e. The van der Waals surface area contributed by atoms with Crippen molar-refractivity contribution < 1.29 is 4.74 Å². The Morgan fingerprint density at radius 1 is 1.38 bits per heavy atom. The second-order valence-electron chi connectivity index (χ2n) is 3.75. The van der Waals surface area contributed by atoms with Crippen LogP contribution in [0.1, 0.15) is 29.9 Å². The van der Waals surface area contributed by atoms with Crippen LogP contribution in [0.2, 0.25) is 0 Å². The van der Waals surface area contributed by atoms with Gasteiger partial charge in [-0.25, -0.2) is 0 Å². The highest BCUT2D eigenvalue weighted by atomic mass is 16.5. The molecule has 0 amide bonds. The summed E-state index contributed by atoms with van der Waals surface area (Å²) in [5, 5.41) is 0. The van der Waals surface area contributed by atoms with E-state index in [1.165, 1.54) is 24.0 Å². The van der Waals surface area contributed by atoms with Crippen LogP contribution in [-0.4, -0.2) is 15.0 Å². The van der Waals surface area contributed by atoms with Crippen molar-refractivity contribution in [2.24, 2.45) is 0 Å². The largest absolute Gasteiger partial charge is 0.497 e. The highest BCUT2D eigenvalue weighted by molar-refractivity contribution is 6.34. The quantitative estimate of drug-likeness (QED) is 0.616. The second-order valence-corrected chi connectivity index (χ2v) is 3.75. The highest BCUT2D eigenvalue weighted by Gasteiger charge is 2.27. The first-order chi connectivity index (χ1) is 6.22. The van der Waals surface area contributed by atoms with E-state index in [4.69, 9.17) is 12.6 Å². The fourth-order valence-corrected chi connectivity index (χ4v) is 1.76. The van der Waals surface area contributed by atoms with Crippen LogP contribution in [-0.2, 0) is 0 Å². The lowest BCUT2D eigenvalue weighted by Gasteiger charge is -2.12. The molecule has 2 heteroatoms. The van der Waals surface area contributed by atoms with Gasteiger partial charge >= 0.3 is 0 Å². The van der Waals surface area contributed by atoms with Gasteiger partial charge in [0.2, 0.25) is 0 Å². The van der Waals surface area contributed by atoms with Crippen LogP contribution >= 0.6 is 0 Å². The van der Waals surface area contributed by atoms with Gasteiger partial charge in [-0.05, 0) is 31.2 Å². The van der Waals surface area contributed by atoms with E-state index in [9.17, 15) is 0 Å². The van der Waals surface area contributed by atoms with Gasteiger partial charge in [-0.15, -0.1) is 0 Å². The van der Waals surface area contributed by atoms with Crippen molar-refractivity contribution in [2.75, 3.05) is 7.11 Å². The van der Waals surface area contributed by atoms with E-state index < -0.39 is 0 Å². The van der Waals surface area contributed by atoms with Crippen molar-refractivity contribution in [1.29, 1.82) is 0 Å². The van der Waals surface area contributed by atoms with Crippen molar-refractivity contribution >= 4 is 13.3 Å². The van der Waals surface area contributed by atoms with Gasteiger partial charge < -0.3 is 4.74 Å². The summed E-state index contributed by atoms with van der Waals surface area (Å²) in [6.45, 7) is 2.07. The molecule has 2 radical (unpaired) electrons. The summed E-state index contributed by atoms with van der Waals surface area (Å²) in [5.41, 5.74) is 3.28. The molecule has 0 bridgehead atoms. The van der Waals surface area contributed by atoms with E-state index in [0.717, 1.165) is 11.2 Å². The Balaban J connectivity index is 2.50. The summed E-state index contributed by atoms with van der Waals surface area (Å²) in [5.74, 6) is 1.57. The molecule has 1 saturated carbocycles. The van der Waals surface area contributed by atoms with Gasteiger partial charge in [-0.2, -0.15) is 0 Å². The van der Waals surface area contributed by atoms with Crippen LogP contribution in [0.5, 0.6) is 5.75 Å². The Labute approximate surface area is 80.5 Å². The lowest BCUT2D eigenvalue weighted by atomic mass is 9.89. The third-order valence-corrected chi connectivity index (χ3v) is 2.51. The fraction of sp³-hybridized carbons (Fsp3) is 0.455. The number of ether oxygens (including phenoxy) is 1. The van der Waals surface area contributed by atoms with Gasteiger partial charge in [0.15, 0.2) is 0 Å². The standard InChI is InChI=1S/C11H13BO/c1-7-5-9(8-3-4-8)11(13-2)10(12)6-7/h5-6,8H,3-4H2,1-2H3. The van der Waals surface area contributed by atoms with Gasteiger partial charge in [0.1, 0.15) is 13.6 Å². The zero-order valence-corrected chi connectivity index (χ0v) is 8.13. The lowest BCUT2D eigenvalue weighted by Crippen LogP contribution is -2.10. The topological polar surface area (TPSA) is 9.23 Å². The first-order valence-corrected chi connectivity index (χ1v) is 4.66. The molecule has 0 aromatic heterocycles. The molecule has 0 unspecified atom stereocenters. The van der Waals surface area contributed by atoms with Crippen LogP contribution in [0.3, 0.4) is 0 Å². The predicted molar refractivity (Wildman–Crippen MR) is 55.1 cm³/mol. The number of aryl methyl sites for hydroxylation is 1. The van der Waals surface area contributed by atoms with E-state index in [1.807, 2.05) is 6.07 Å². The molecule has 0 N–H and O–H groups in total. The van der Waals surface area contributed by atoms with Crippen molar-refractivity contribution in [1.82, 2.24) is 0 Å². The zero-order chi connectivity index (χ0) is 9.42. The van der Waals surface area contributed by atoms with Crippen molar-refractivity contribution in [2.45, 2.75) is 25.7 Å². The average Bonchev–Trinajstić information content (AvgIpc) is 2.85. The first-order valence-electron chi connectivity index (χ1n) is 4.66. The van der Waals surface area contributed by atoms with Crippen LogP contribution in [0, 0.1) is 6.92 Å². The molecule has 1 nitrogen and oxygen atoms in total.